The Labute approximate surface area is 127 Å². The number of aliphatic hydroxyl groups is 1. The van der Waals surface area contributed by atoms with Crippen LogP contribution in [0.1, 0.15) is 29.6 Å². The maximum Gasteiger partial charge on any atom is 0.345 e. The van der Waals surface area contributed by atoms with Crippen LogP contribution in [-0.4, -0.2) is 43.4 Å². The molecule has 0 amide bonds. The van der Waals surface area contributed by atoms with E-state index in [2.05, 4.69) is 4.74 Å². The molecule has 8 nitrogen and oxygen atoms in total. The number of carbonyl (C=O) groups excluding carboxylic acids is 1. The van der Waals surface area contributed by atoms with Gasteiger partial charge in [-0.3, -0.25) is 10.1 Å². The first-order valence-electron chi connectivity index (χ1n) is 6.73. The van der Waals surface area contributed by atoms with Crippen LogP contribution in [0.3, 0.4) is 0 Å². The third-order valence-electron chi connectivity index (χ3n) is 2.94. The number of aliphatic hydroxyl groups excluding tert-OH is 1. The number of ether oxygens (including phenoxy) is 3. The van der Waals surface area contributed by atoms with Gasteiger partial charge in [0.05, 0.1) is 31.8 Å². The molecule has 0 radical (unpaired) electrons. The molecule has 0 unspecified atom stereocenters. The Morgan fingerprint density at radius 3 is 2.50 bits per heavy atom. The second kappa shape index (κ2) is 8.83. The number of esters is 1. The zero-order valence-electron chi connectivity index (χ0n) is 12.5. The van der Waals surface area contributed by atoms with E-state index in [0.717, 1.165) is 19.6 Å². The SMILES string of the molecule is COC(=O)c1cc(OC)c(OCCCCCO)cc1[N+](=O)[O-]. The van der Waals surface area contributed by atoms with Crippen LogP contribution >= 0.6 is 0 Å². The van der Waals surface area contributed by atoms with Gasteiger partial charge in [-0.1, -0.05) is 0 Å². The molecule has 0 spiro atoms. The standard InChI is InChI=1S/C14H19NO7/c1-20-12-8-10(14(17)21-2)11(15(18)19)9-13(12)22-7-5-3-4-6-16/h8-9,16H,3-7H2,1-2H3. The smallest absolute Gasteiger partial charge is 0.345 e. The van der Waals surface area contributed by atoms with E-state index in [-0.39, 0.29) is 23.7 Å². The highest BCUT2D eigenvalue weighted by atomic mass is 16.6. The summed E-state index contributed by atoms with van der Waals surface area (Å²) >= 11 is 0. The van der Waals surface area contributed by atoms with Gasteiger partial charge in [0.25, 0.3) is 5.69 Å². The van der Waals surface area contributed by atoms with Crippen molar-refractivity contribution < 1.29 is 29.0 Å². The van der Waals surface area contributed by atoms with Gasteiger partial charge >= 0.3 is 5.97 Å². The predicted molar refractivity (Wildman–Crippen MR) is 77.4 cm³/mol. The van der Waals surface area contributed by atoms with Gasteiger partial charge in [-0.05, 0) is 19.3 Å². The quantitative estimate of drug-likeness (QED) is 0.321. The van der Waals surface area contributed by atoms with Crippen LogP contribution < -0.4 is 9.47 Å². The molecule has 1 rings (SSSR count). The molecule has 0 atom stereocenters. The molecule has 0 aliphatic carbocycles. The summed E-state index contributed by atoms with van der Waals surface area (Å²) in [6.45, 7) is 0.438. The number of methoxy groups -OCH3 is 2. The number of rotatable bonds is 9. The van der Waals surface area contributed by atoms with Crippen LogP contribution in [0.15, 0.2) is 12.1 Å². The number of hydrogen-bond acceptors (Lipinski definition) is 7. The van der Waals surface area contributed by atoms with Crippen LogP contribution in [0.5, 0.6) is 11.5 Å². The van der Waals surface area contributed by atoms with Gasteiger partial charge in [0.2, 0.25) is 0 Å². The molecule has 0 aromatic heterocycles. The first kappa shape index (κ1) is 17.7. The monoisotopic (exact) mass is 313 g/mol. The van der Waals surface area contributed by atoms with Crippen molar-refractivity contribution >= 4 is 11.7 Å². The lowest BCUT2D eigenvalue weighted by Crippen LogP contribution is -2.08. The average Bonchev–Trinajstić information content (AvgIpc) is 2.53. The van der Waals surface area contributed by atoms with E-state index in [9.17, 15) is 14.9 Å². The van der Waals surface area contributed by atoms with Crippen LogP contribution in [-0.2, 0) is 4.74 Å². The molecular formula is C14H19NO7. The highest BCUT2D eigenvalue weighted by Crippen LogP contribution is 2.35. The van der Waals surface area contributed by atoms with E-state index >= 15 is 0 Å². The fourth-order valence-electron chi connectivity index (χ4n) is 1.82. The third kappa shape index (κ3) is 4.59. The van der Waals surface area contributed by atoms with E-state index in [1.54, 1.807) is 0 Å². The zero-order valence-corrected chi connectivity index (χ0v) is 12.5. The van der Waals surface area contributed by atoms with Gasteiger partial charge in [0.1, 0.15) is 5.56 Å². The van der Waals surface area contributed by atoms with E-state index in [1.807, 2.05) is 0 Å². The van der Waals surface area contributed by atoms with E-state index < -0.39 is 16.6 Å². The second-order valence-corrected chi connectivity index (χ2v) is 4.40. The van der Waals surface area contributed by atoms with E-state index in [1.165, 1.54) is 13.2 Å². The number of benzene rings is 1. The number of nitrogens with zero attached hydrogens (tertiary/aromatic N) is 1. The van der Waals surface area contributed by atoms with Crippen LogP contribution in [0.4, 0.5) is 5.69 Å². The molecule has 22 heavy (non-hydrogen) atoms. The molecule has 0 bridgehead atoms. The molecule has 0 aliphatic rings. The van der Waals surface area contributed by atoms with Gasteiger partial charge in [0, 0.05) is 12.7 Å². The van der Waals surface area contributed by atoms with Gasteiger partial charge in [-0.25, -0.2) is 4.79 Å². The van der Waals surface area contributed by atoms with Crippen LogP contribution in [0.25, 0.3) is 0 Å². The fraction of sp³-hybridized carbons (Fsp3) is 0.500. The minimum Gasteiger partial charge on any atom is -0.493 e. The molecule has 8 heteroatoms. The zero-order chi connectivity index (χ0) is 16.5. The maximum absolute atomic E-state index is 11.6. The van der Waals surface area contributed by atoms with Crippen molar-refractivity contribution in [2.24, 2.45) is 0 Å². The van der Waals surface area contributed by atoms with Crippen molar-refractivity contribution in [2.75, 3.05) is 27.4 Å². The lowest BCUT2D eigenvalue weighted by molar-refractivity contribution is -0.385. The minimum atomic E-state index is -0.820. The molecule has 0 aliphatic heterocycles. The Balaban J connectivity index is 2.99. The van der Waals surface area contributed by atoms with Gasteiger partial charge in [0.15, 0.2) is 11.5 Å². The molecular weight excluding hydrogens is 294 g/mol. The van der Waals surface area contributed by atoms with Crippen LogP contribution in [0.2, 0.25) is 0 Å². The van der Waals surface area contributed by atoms with Crippen molar-refractivity contribution in [3.8, 4) is 11.5 Å². The van der Waals surface area contributed by atoms with Crippen molar-refractivity contribution in [3.63, 3.8) is 0 Å². The van der Waals surface area contributed by atoms with E-state index in [4.69, 9.17) is 14.6 Å². The number of nitro groups is 1. The Kier molecular flexibility index (Phi) is 7.11. The minimum absolute atomic E-state index is 0.114. The second-order valence-electron chi connectivity index (χ2n) is 4.40. The lowest BCUT2D eigenvalue weighted by Gasteiger charge is -2.12. The first-order valence-corrected chi connectivity index (χ1v) is 6.73. The van der Waals surface area contributed by atoms with Gasteiger partial charge in [-0.2, -0.15) is 0 Å². The molecule has 122 valence electrons. The van der Waals surface area contributed by atoms with Gasteiger partial charge < -0.3 is 19.3 Å². The van der Waals surface area contributed by atoms with Crippen molar-refractivity contribution in [1.82, 2.24) is 0 Å². The lowest BCUT2D eigenvalue weighted by atomic mass is 10.1. The Hall–Kier alpha value is -2.35. The Morgan fingerprint density at radius 2 is 1.95 bits per heavy atom. The summed E-state index contributed by atoms with van der Waals surface area (Å²) in [5.74, 6) is -0.418. The Morgan fingerprint density at radius 1 is 1.23 bits per heavy atom. The largest absolute Gasteiger partial charge is 0.493 e. The maximum atomic E-state index is 11.6. The number of carbonyl (C=O) groups is 1. The fourth-order valence-corrected chi connectivity index (χ4v) is 1.82. The van der Waals surface area contributed by atoms with Gasteiger partial charge in [-0.15, -0.1) is 0 Å². The molecule has 1 aromatic carbocycles. The molecule has 0 saturated carbocycles. The topological polar surface area (TPSA) is 108 Å². The van der Waals surface area contributed by atoms with E-state index in [0.29, 0.717) is 19.4 Å². The highest BCUT2D eigenvalue weighted by molar-refractivity contribution is 5.94. The summed E-state index contributed by atoms with van der Waals surface area (Å²) in [6.07, 6.45) is 2.14. The molecule has 0 heterocycles. The van der Waals surface area contributed by atoms with Crippen molar-refractivity contribution in [3.05, 3.63) is 27.8 Å². The normalized spacial score (nSPS) is 10.1. The summed E-state index contributed by atoms with van der Waals surface area (Å²) in [4.78, 5) is 22.0. The summed E-state index contributed by atoms with van der Waals surface area (Å²) < 4.78 is 15.1. The molecule has 1 N–H and O–H groups in total. The Bertz CT molecular complexity index is 530. The average molecular weight is 313 g/mol. The third-order valence-corrected chi connectivity index (χ3v) is 2.94. The molecule has 0 fully saturated rings. The number of nitro benzene ring substituents is 1. The van der Waals surface area contributed by atoms with Crippen LogP contribution in [0, 0.1) is 10.1 Å². The molecule has 0 saturated heterocycles. The summed E-state index contributed by atoms with van der Waals surface area (Å²) in [6, 6.07) is 2.38. The number of hydrogen-bond donors (Lipinski definition) is 1. The molecule has 1 aromatic rings. The number of unbranched alkanes of at least 4 members (excludes halogenated alkanes) is 2. The predicted octanol–water partition coefficient (Wildman–Crippen LogP) is 1.93. The van der Waals surface area contributed by atoms with Crippen molar-refractivity contribution in [1.29, 1.82) is 0 Å². The van der Waals surface area contributed by atoms with Crippen molar-refractivity contribution in [2.45, 2.75) is 19.3 Å². The summed E-state index contributed by atoms with van der Waals surface area (Å²) in [5.41, 5.74) is -0.602. The first-order chi connectivity index (χ1) is 10.5. The summed E-state index contributed by atoms with van der Waals surface area (Å²) in [5, 5.41) is 19.8. The summed E-state index contributed by atoms with van der Waals surface area (Å²) in [7, 11) is 2.52. The highest BCUT2D eigenvalue weighted by Gasteiger charge is 2.25.